The van der Waals surface area contributed by atoms with E-state index in [1.807, 2.05) is 73.3 Å². The van der Waals surface area contributed by atoms with E-state index in [2.05, 4.69) is 10.2 Å². The van der Waals surface area contributed by atoms with Crippen LogP contribution in [0.1, 0.15) is 21.9 Å². The van der Waals surface area contributed by atoms with E-state index in [0.717, 1.165) is 22.6 Å². The summed E-state index contributed by atoms with van der Waals surface area (Å²) in [5.74, 6) is 1.34. The number of benzene rings is 2. The van der Waals surface area contributed by atoms with Crippen LogP contribution in [0.3, 0.4) is 0 Å². The molecular weight excluding hydrogens is 390 g/mol. The molecule has 1 aliphatic rings. The van der Waals surface area contributed by atoms with Gasteiger partial charge in [-0.05, 0) is 31.5 Å². The quantitative estimate of drug-likeness (QED) is 0.682. The van der Waals surface area contributed by atoms with Gasteiger partial charge in [0.2, 0.25) is 5.91 Å². The molecule has 2 aromatic carbocycles. The Morgan fingerprint density at radius 1 is 0.935 bits per heavy atom. The van der Waals surface area contributed by atoms with Gasteiger partial charge in [0.25, 0.3) is 5.91 Å². The average Bonchev–Trinajstić information content (AvgIpc) is 3.12. The first kappa shape index (κ1) is 20.9. The van der Waals surface area contributed by atoms with Gasteiger partial charge in [-0.2, -0.15) is 0 Å². The highest BCUT2D eigenvalue weighted by Crippen LogP contribution is 2.27. The molecule has 0 radical (unpaired) electrons. The zero-order valence-electron chi connectivity index (χ0n) is 17.9. The summed E-state index contributed by atoms with van der Waals surface area (Å²) >= 11 is 0. The number of para-hydroxylation sites is 1. The maximum absolute atomic E-state index is 12.7. The average molecular weight is 418 g/mol. The minimum Gasteiger partial charge on any atom is -0.466 e. The van der Waals surface area contributed by atoms with Gasteiger partial charge >= 0.3 is 0 Å². The second-order valence-electron chi connectivity index (χ2n) is 7.86. The summed E-state index contributed by atoms with van der Waals surface area (Å²) in [5, 5.41) is 3.05. The number of carbonyl (C=O) groups is 2. The fourth-order valence-electron chi connectivity index (χ4n) is 3.98. The molecule has 2 heterocycles. The first-order valence-corrected chi connectivity index (χ1v) is 10.5. The molecule has 0 unspecified atom stereocenters. The zero-order valence-corrected chi connectivity index (χ0v) is 17.9. The Labute approximate surface area is 182 Å². The highest BCUT2D eigenvalue weighted by Gasteiger charge is 2.25. The number of carbonyl (C=O) groups excluding carboxylic acids is 2. The van der Waals surface area contributed by atoms with E-state index in [1.165, 1.54) is 0 Å². The van der Waals surface area contributed by atoms with Gasteiger partial charge < -0.3 is 14.6 Å². The lowest BCUT2D eigenvalue weighted by molar-refractivity contribution is -0.117. The molecule has 6 nitrogen and oxygen atoms in total. The Kier molecular flexibility index (Phi) is 6.18. The normalized spacial score (nSPS) is 14.5. The summed E-state index contributed by atoms with van der Waals surface area (Å²) in [6.45, 7) is 6.47. The van der Waals surface area contributed by atoms with Crippen molar-refractivity contribution < 1.29 is 14.0 Å². The number of piperazine rings is 1. The highest BCUT2D eigenvalue weighted by atomic mass is 16.3. The predicted octanol–water partition coefficient (Wildman–Crippen LogP) is 3.96. The third-order valence-corrected chi connectivity index (χ3v) is 5.58. The Morgan fingerprint density at radius 3 is 2.29 bits per heavy atom. The van der Waals surface area contributed by atoms with Gasteiger partial charge in [0.1, 0.15) is 11.5 Å². The minimum atomic E-state index is -0.0514. The maximum atomic E-state index is 12.7. The molecule has 0 saturated carbocycles. The lowest BCUT2D eigenvalue weighted by atomic mass is 10.0. The SMILES string of the molecule is Cc1cc(C(=O)N2CCN(CC(=O)Nc3ccccc3-c3ccccc3)CC2)c(C)o1. The third kappa shape index (κ3) is 4.86. The van der Waals surface area contributed by atoms with Crippen molar-refractivity contribution in [3.05, 3.63) is 77.7 Å². The van der Waals surface area contributed by atoms with Gasteiger partial charge in [0.05, 0.1) is 12.1 Å². The van der Waals surface area contributed by atoms with E-state index in [-0.39, 0.29) is 11.8 Å². The molecule has 0 bridgehead atoms. The van der Waals surface area contributed by atoms with Crippen LogP contribution in [-0.4, -0.2) is 54.3 Å². The number of aryl methyl sites for hydroxylation is 2. The van der Waals surface area contributed by atoms with E-state index >= 15 is 0 Å². The summed E-state index contributed by atoms with van der Waals surface area (Å²) in [4.78, 5) is 29.4. The van der Waals surface area contributed by atoms with Crippen molar-refractivity contribution >= 4 is 17.5 Å². The number of hydrogen-bond donors (Lipinski definition) is 1. The Balaban J connectivity index is 1.33. The molecule has 1 fully saturated rings. The number of furan rings is 1. The van der Waals surface area contributed by atoms with Crippen LogP contribution in [0.5, 0.6) is 0 Å². The molecule has 6 heteroatoms. The number of anilines is 1. The van der Waals surface area contributed by atoms with Gasteiger partial charge in [0.15, 0.2) is 0 Å². The van der Waals surface area contributed by atoms with Crippen molar-refractivity contribution in [3.63, 3.8) is 0 Å². The fourth-order valence-corrected chi connectivity index (χ4v) is 3.98. The molecule has 1 N–H and O–H groups in total. The van der Waals surface area contributed by atoms with Crippen molar-refractivity contribution in [3.8, 4) is 11.1 Å². The van der Waals surface area contributed by atoms with Crippen LogP contribution in [0.15, 0.2) is 65.1 Å². The Bertz CT molecular complexity index is 1070. The maximum Gasteiger partial charge on any atom is 0.257 e. The molecule has 0 atom stereocenters. The number of amides is 2. The van der Waals surface area contributed by atoms with E-state index in [0.29, 0.717) is 44.0 Å². The lowest BCUT2D eigenvalue weighted by Crippen LogP contribution is -2.50. The summed E-state index contributed by atoms with van der Waals surface area (Å²) in [6.07, 6.45) is 0. The minimum absolute atomic E-state index is 0.00441. The van der Waals surface area contributed by atoms with Crippen molar-refractivity contribution in [2.75, 3.05) is 38.0 Å². The number of rotatable bonds is 5. The van der Waals surface area contributed by atoms with Gasteiger partial charge in [0, 0.05) is 37.4 Å². The fraction of sp³-hybridized carbons (Fsp3) is 0.280. The monoisotopic (exact) mass is 417 g/mol. The largest absolute Gasteiger partial charge is 0.466 e. The van der Waals surface area contributed by atoms with Crippen LogP contribution in [0.4, 0.5) is 5.69 Å². The summed E-state index contributed by atoms with van der Waals surface area (Å²) in [5.41, 5.74) is 3.49. The first-order valence-electron chi connectivity index (χ1n) is 10.5. The summed E-state index contributed by atoms with van der Waals surface area (Å²) in [6, 6.07) is 19.6. The van der Waals surface area contributed by atoms with Crippen LogP contribution in [0.25, 0.3) is 11.1 Å². The molecule has 31 heavy (non-hydrogen) atoms. The van der Waals surface area contributed by atoms with E-state index in [9.17, 15) is 9.59 Å². The van der Waals surface area contributed by atoms with Crippen molar-refractivity contribution in [1.29, 1.82) is 0 Å². The Hall–Kier alpha value is -3.38. The molecule has 1 saturated heterocycles. The van der Waals surface area contributed by atoms with E-state index in [1.54, 1.807) is 6.07 Å². The van der Waals surface area contributed by atoms with Crippen LogP contribution < -0.4 is 5.32 Å². The number of nitrogens with zero attached hydrogens (tertiary/aromatic N) is 2. The predicted molar refractivity (Wildman–Crippen MR) is 121 cm³/mol. The van der Waals surface area contributed by atoms with Crippen molar-refractivity contribution in [2.45, 2.75) is 13.8 Å². The van der Waals surface area contributed by atoms with Crippen LogP contribution in [0.2, 0.25) is 0 Å². The van der Waals surface area contributed by atoms with Crippen LogP contribution in [0, 0.1) is 13.8 Å². The zero-order chi connectivity index (χ0) is 21.8. The van der Waals surface area contributed by atoms with Crippen molar-refractivity contribution in [1.82, 2.24) is 9.80 Å². The number of hydrogen-bond acceptors (Lipinski definition) is 4. The van der Waals surface area contributed by atoms with Gasteiger partial charge in [-0.1, -0.05) is 48.5 Å². The van der Waals surface area contributed by atoms with Crippen molar-refractivity contribution in [2.24, 2.45) is 0 Å². The smallest absolute Gasteiger partial charge is 0.257 e. The summed E-state index contributed by atoms with van der Waals surface area (Å²) in [7, 11) is 0. The lowest BCUT2D eigenvalue weighted by Gasteiger charge is -2.34. The molecule has 1 aliphatic heterocycles. The number of nitrogens with one attached hydrogen (secondary N) is 1. The summed E-state index contributed by atoms with van der Waals surface area (Å²) < 4.78 is 5.49. The molecule has 1 aromatic heterocycles. The van der Waals surface area contributed by atoms with E-state index in [4.69, 9.17) is 4.42 Å². The topological polar surface area (TPSA) is 65.8 Å². The molecule has 160 valence electrons. The molecular formula is C25H27N3O3. The molecule has 0 spiro atoms. The molecule has 4 rings (SSSR count). The second kappa shape index (κ2) is 9.18. The first-order chi connectivity index (χ1) is 15.0. The van der Waals surface area contributed by atoms with Gasteiger partial charge in [-0.15, -0.1) is 0 Å². The standard InChI is InChI=1S/C25H27N3O3/c1-18-16-22(19(2)31-18)25(30)28-14-12-27(13-15-28)17-24(29)26-23-11-7-6-10-21(23)20-8-4-3-5-9-20/h3-11,16H,12-15,17H2,1-2H3,(H,26,29). The second-order valence-corrected chi connectivity index (χ2v) is 7.86. The molecule has 0 aliphatic carbocycles. The molecule has 3 aromatic rings. The van der Waals surface area contributed by atoms with E-state index < -0.39 is 0 Å². The van der Waals surface area contributed by atoms with Crippen LogP contribution >= 0.6 is 0 Å². The van der Waals surface area contributed by atoms with Gasteiger partial charge in [-0.3, -0.25) is 14.5 Å². The van der Waals surface area contributed by atoms with Crippen LogP contribution in [-0.2, 0) is 4.79 Å². The van der Waals surface area contributed by atoms with Gasteiger partial charge in [-0.25, -0.2) is 0 Å². The Morgan fingerprint density at radius 2 is 1.61 bits per heavy atom. The third-order valence-electron chi connectivity index (χ3n) is 5.58. The molecule has 2 amide bonds. The highest BCUT2D eigenvalue weighted by molar-refractivity contribution is 5.97.